The Hall–Kier alpha value is -4.05. The van der Waals surface area contributed by atoms with Crippen LogP contribution in [0.2, 0.25) is 0 Å². The van der Waals surface area contributed by atoms with E-state index in [2.05, 4.69) is 10.6 Å². The van der Waals surface area contributed by atoms with Gasteiger partial charge in [-0.15, -0.1) is 0 Å². The summed E-state index contributed by atoms with van der Waals surface area (Å²) in [5.74, 6) is -2.97. The second kappa shape index (κ2) is 8.10. The molecule has 0 unspecified atom stereocenters. The van der Waals surface area contributed by atoms with Gasteiger partial charge in [0, 0.05) is 28.6 Å². The number of anilines is 2. The third-order valence-corrected chi connectivity index (χ3v) is 3.86. The van der Waals surface area contributed by atoms with Gasteiger partial charge in [-0.25, -0.2) is 8.78 Å². The van der Waals surface area contributed by atoms with Crippen molar-refractivity contribution in [1.29, 1.82) is 5.26 Å². The molecule has 0 heterocycles. The summed E-state index contributed by atoms with van der Waals surface area (Å²) in [7, 11) is 0. The molecule has 7 heteroatoms. The topological polar surface area (TPSA) is 82.0 Å². The van der Waals surface area contributed by atoms with Gasteiger partial charge in [-0.2, -0.15) is 5.26 Å². The summed E-state index contributed by atoms with van der Waals surface area (Å²) in [5, 5.41) is 13.9. The van der Waals surface area contributed by atoms with Gasteiger partial charge in [0.25, 0.3) is 11.8 Å². The number of nitrogens with one attached hydrogen (secondary N) is 2. The number of amides is 2. The van der Waals surface area contributed by atoms with Crippen LogP contribution in [0.1, 0.15) is 26.3 Å². The molecule has 0 radical (unpaired) electrons. The molecular weight excluding hydrogens is 364 g/mol. The number of rotatable bonds is 4. The summed E-state index contributed by atoms with van der Waals surface area (Å²) in [6, 6.07) is 17.3. The van der Waals surface area contributed by atoms with Gasteiger partial charge in [0.15, 0.2) is 11.6 Å². The summed E-state index contributed by atoms with van der Waals surface area (Å²) in [6.07, 6.45) is 0. The van der Waals surface area contributed by atoms with Gasteiger partial charge in [-0.1, -0.05) is 0 Å². The summed E-state index contributed by atoms with van der Waals surface area (Å²) in [6.45, 7) is 0. The van der Waals surface area contributed by atoms with Crippen molar-refractivity contribution < 1.29 is 18.4 Å². The van der Waals surface area contributed by atoms with Crippen LogP contribution < -0.4 is 10.6 Å². The third kappa shape index (κ3) is 4.37. The zero-order chi connectivity index (χ0) is 20.1. The highest BCUT2D eigenvalue weighted by atomic mass is 19.2. The summed E-state index contributed by atoms with van der Waals surface area (Å²) in [4.78, 5) is 24.4. The normalized spacial score (nSPS) is 10.0. The van der Waals surface area contributed by atoms with Crippen LogP contribution in [0.15, 0.2) is 66.7 Å². The van der Waals surface area contributed by atoms with E-state index in [1.54, 1.807) is 24.3 Å². The Morgan fingerprint density at radius 2 is 1.21 bits per heavy atom. The molecule has 2 N–H and O–H groups in total. The van der Waals surface area contributed by atoms with E-state index in [4.69, 9.17) is 5.26 Å². The number of hydrogen-bond acceptors (Lipinski definition) is 3. The van der Waals surface area contributed by atoms with E-state index in [1.807, 2.05) is 6.07 Å². The van der Waals surface area contributed by atoms with E-state index in [-0.39, 0.29) is 17.2 Å². The molecule has 0 spiro atoms. The highest BCUT2D eigenvalue weighted by molar-refractivity contribution is 6.07. The average molecular weight is 377 g/mol. The summed E-state index contributed by atoms with van der Waals surface area (Å²) >= 11 is 0. The van der Waals surface area contributed by atoms with Crippen LogP contribution in [-0.4, -0.2) is 11.8 Å². The number of hydrogen-bond donors (Lipinski definition) is 2. The standard InChI is InChI=1S/C21H13F2N3O2/c22-18-10-9-17(11-19(18)23)26-21(28)15-5-3-14(4-6-15)20(27)25-16-7-1-13(12-24)2-8-16/h1-11H,(H,25,27)(H,26,28). The lowest BCUT2D eigenvalue weighted by Crippen LogP contribution is -2.14. The Morgan fingerprint density at radius 3 is 1.71 bits per heavy atom. The van der Waals surface area contributed by atoms with Gasteiger partial charge < -0.3 is 10.6 Å². The second-order valence-corrected chi connectivity index (χ2v) is 5.80. The van der Waals surface area contributed by atoms with Gasteiger partial charge in [0.1, 0.15) is 0 Å². The molecule has 3 aromatic rings. The fraction of sp³-hybridized carbons (Fsp3) is 0. The predicted molar refractivity (Wildman–Crippen MR) is 99.9 cm³/mol. The molecule has 0 saturated carbocycles. The van der Waals surface area contributed by atoms with Crippen molar-refractivity contribution in [2.75, 3.05) is 10.6 Å². The summed E-state index contributed by atoms with van der Waals surface area (Å²) < 4.78 is 26.1. The minimum absolute atomic E-state index is 0.117. The van der Waals surface area contributed by atoms with Gasteiger partial charge in [0.05, 0.1) is 11.6 Å². The van der Waals surface area contributed by atoms with Gasteiger partial charge >= 0.3 is 0 Å². The molecular formula is C21H13F2N3O2. The fourth-order valence-electron chi connectivity index (χ4n) is 2.38. The SMILES string of the molecule is N#Cc1ccc(NC(=O)c2ccc(C(=O)Nc3ccc(F)c(F)c3)cc2)cc1. The number of carbonyl (C=O) groups excluding carboxylic acids is 2. The van der Waals surface area contributed by atoms with E-state index in [1.165, 1.54) is 30.3 Å². The molecule has 0 bridgehead atoms. The van der Waals surface area contributed by atoms with Crippen LogP contribution in [0.25, 0.3) is 0 Å². The second-order valence-electron chi connectivity index (χ2n) is 5.80. The van der Waals surface area contributed by atoms with Crippen molar-refractivity contribution in [3.63, 3.8) is 0 Å². The van der Waals surface area contributed by atoms with E-state index in [0.29, 0.717) is 16.8 Å². The van der Waals surface area contributed by atoms with E-state index < -0.39 is 17.5 Å². The summed E-state index contributed by atoms with van der Waals surface area (Å²) in [5.41, 5.74) is 1.71. The maximum absolute atomic E-state index is 13.2. The van der Waals surface area contributed by atoms with Gasteiger partial charge in [0.2, 0.25) is 0 Å². The largest absolute Gasteiger partial charge is 0.322 e. The molecule has 0 aliphatic rings. The molecule has 138 valence electrons. The molecule has 0 aromatic heterocycles. The average Bonchev–Trinajstić information content (AvgIpc) is 2.71. The van der Waals surface area contributed by atoms with Crippen LogP contribution in [0, 0.1) is 23.0 Å². The first kappa shape index (κ1) is 18.7. The Morgan fingerprint density at radius 1 is 0.714 bits per heavy atom. The van der Waals surface area contributed by atoms with Crippen LogP contribution in [0.4, 0.5) is 20.2 Å². The van der Waals surface area contributed by atoms with Crippen LogP contribution in [0.5, 0.6) is 0 Å². The van der Waals surface area contributed by atoms with Crippen molar-refractivity contribution >= 4 is 23.2 Å². The smallest absolute Gasteiger partial charge is 0.255 e. The number of carbonyl (C=O) groups is 2. The first-order valence-electron chi connectivity index (χ1n) is 8.14. The molecule has 0 aliphatic carbocycles. The highest BCUT2D eigenvalue weighted by Crippen LogP contribution is 2.15. The molecule has 3 aromatic carbocycles. The monoisotopic (exact) mass is 377 g/mol. The minimum atomic E-state index is -1.06. The van der Waals surface area contributed by atoms with E-state index >= 15 is 0 Å². The van der Waals surface area contributed by atoms with Crippen molar-refractivity contribution in [3.8, 4) is 6.07 Å². The van der Waals surface area contributed by atoms with Crippen LogP contribution >= 0.6 is 0 Å². The van der Waals surface area contributed by atoms with E-state index in [0.717, 1.165) is 12.1 Å². The number of halogens is 2. The lowest BCUT2D eigenvalue weighted by molar-refractivity contribution is 0.101. The van der Waals surface area contributed by atoms with Crippen LogP contribution in [-0.2, 0) is 0 Å². The number of nitriles is 1. The molecule has 0 atom stereocenters. The predicted octanol–water partition coefficient (Wildman–Crippen LogP) is 4.34. The van der Waals surface area contributed by atoms with Gasteiger partial charge in [-0.05, 0) is 60.7 Å². The first-order valence-corrected chi connectivity index (χ1v) is 8.14. The fourth-order valence-corrected chi connectivity index (χ4v) is 2.38. The molecule has 0 fully saturated rings. The molecule has 3 rings (SSSR count). The molecule has 0 aliphatic heterocycles. The van der Waals surface area contributed by atoms with Crippen LogP contribution in [0.3, 0.4) is 0 Å². The Labute approximate surface area is 159 Å². The lowest BCUT2D eigenvalue weighted by atomic mass is 10.1. The number of benzene rings is 3. The lowest BCUT2D eigenvalue weighted by Gasteiger charge is -2.08. The molecule has 2 amide bonds. The molecule has 0 saturated heterocycles. The minimum Gasteiger partial charge on any atom is -0.322 e. The third-order valence-electron chi connectivity index (χ3n) is 3.86. The first-order chi connectivity index (χ1) is 13.5. The zero-order valence-electron chi connectivity index (χ0n) is 14.4. The Bertz CT molecular complexity index is 1070. The van der Waals surface area contributed by atoms with Crippen molar-refractivity contribution in [2.45, 2.75) is 0 Å². The zero-order valence-corrected chi connectivity index (χ0v) is 14.4. The van der Waals surface area contributed by atoms with Crippen molar-refractivity contribution in [2.24, 2.45) is 0 Å². The van der Waals surface area contributed by atoms with Gasteiger partial charge in [-0.3, -0.25) is 9.59 Å². The van der Waals surface area contributed by atoms with E-state index in [9.17, 15) is 18.4 Å². The molecule has 5 nitrogen and oxygen atoms in total. The quantitative estimate of drug-likeness (QED) is 0.710. The number of nitrogens with zero attached hydrogens (tertiary/aromatic N) is 1. The Balaban J connectivity index is 1.66. The highest BCUT2D eigenvalue weighted by Gasteiger charge is 2.11. The Kier molecular flexibility index (Phi) is 5.42. The van der Waals surface area contributed by atoms with Crippen molar-refractivity contribution in [1.82, 2.24) is 0 Å². The molecule has 28 heavy (non-hydrogen) atoms. The maximum Gasteiger partial charge on any atom is 0.255 e. The van der Waals surface area contributed by atoms with Crippen molar-refractivity contribution in [3.05, 3.63) is 95.1 Å². The maximum atomic E-state index is 13.2.